The summed E-state index contributed by atoms with van der Waals surface area (Å²) in [4.78, 5) is 26.9. The van der Waals surface area contributed by atoms with E-state index in [1.54, 1.807) is 12.1 Å². The number of carbonyl (C=O) groups is 2. The Morgan fingerprint density at radius 3 is 2.62 bits per heavy atom. The van der Waals surface area contributed by atoms with Gasteiger partial charge in [0.05, 0.1) is 25.4 Å². The number of nitrogens with one attached hydrogen (secondary N) is 2. The van der Waals surface area contributed by atoms with Crippen molar-refractivity contribution in [3.63, 3.8) is 0 Å². The van der Waals surface area contributed by atoms with Gasteiger partial charge in [-0.05, 0) is 49.7 Å². The second kappa shape index (κ2) is 9.82. The largest absolute Gasteiger partial charge is 0.494 e. The van der Waals surface area contributed by atoms with E-state index < -0.39 is 6.10 Å². The molecule has 7 nitrogen and oxygen atoms in total. The standard InChI is InChI=1S/C22H27N3O4/c1-3-13-23-22(27)20-14-25(18-7-5-6-8-19(18)29-20)15-21(26)24-16-9-11-17(12-10-16)28-4-2/h5-12,20H,3-4,13-15H2,1-2H3,(H,23,27)(H,24,26)/t20-/m0/s1. The van der Waals surface area contributed by atoms with Crippen LogP contribution in [0.3, 0.4) is 0 Å². The van der Waals surface area contributed by atoms with Crippen molar-refractivity contribution in [2.45, 2.75) is 26.4 Å². The van der Waals surface area contributed by atoms with Crippen molar-refractivity contribution in [1.29, 1.82) is 0 Å². The summed E-state index contributed by atoms with van der Waals surface area (Å²) in [6, 6.07) is 14.7. The second-order valence-electron chi connectivity index (χ2n) is 6.75. The molecular formula is C22H27N3O4. The predicted octanol–water partition coefficient (Wildman–Crippen LogP) is 2.82. The maximum atomic E-state index is 12.6. The van der Waals surface area contributed by atoms with Crippen molar-refractivity contribution >= 4 is 23.2 Å². The molecule has 0 bridgehead atoms. The van der Waals surface area contributed by atoms with Gasteiger partial charge in [0.2, 0.25) is 5.91 Å². The Bertz CT molecular complexity index is 838. The summed E-state index contributed by atoms with van der Waals surface area (Å²) in [5.41, 5.74) is 1.49. The number of hydrogen-bond donors (Lipinski definition) is 2. The van der Waals surface area contributed by atoms with E-state index in [-0.39, 0.29) is 18.4 Å². The minimum absolute atomic E-state index is 0.116. The molecule has 7 heteroatoms. The van der Waals surface area contributed by atoms with Crippen LogP contribution in [0.5, 0.6) is 11.5 Å². The summed E-state index contributed by atoms with van der Waals surface area (Å²) in [6.07, 6.45) is 0.193. The molecule has 154 valence electrons. The molecule has 1 aliphatic rings. The van der Waals surface area contributed by atoms with Crippen LogP contribution in [0.25, 0.3) is 0 Å². The third-order valence-electron chi connectivity index (χ3n) is 4.49. The summed E-state index contributed by atoms with van der Waals surface area (Å²) < 4.78 is 11.3. The highest BCUT2D eigenvalue weighted by molar-refractivity contribution is 5.95. The number of hydrogen-bond acceptors (Lipinski definition) is 5. The number of fused-ring (bicyclic) bond motifs is 1. The average molecular weight is 397 g/mol. The number of amides is 2. The van der Waals surface area contributed by atoms with Gasteiger partial charge >= 0.3 is 0 Å². The zero-order valence-corrected chi connectivity index (χ0v) is 16.8. The average Bonchev–Trinajstić information content (AvgIpc) is 2.73. The first-order valence-corrected chi connectivity index (χ1v) is 9.91. The van der Waals surface area contributed by atoms with E-state index in [1.807, 2.05) is 55.1 Å². The van der Waals surface area contributed by atoms with Gasteiger partial charge in [-0.1, -0.05) is 19.1 Å². The quantitative estimate of drug-likeness (QED) is 0.716. The molecule has 2 aromatic carbocycles. The summed E-state index contributed by atoms with van der Waals surface area (Å²) >= 11 is 0. The van der Waals surface area contributed by atoms with Crippen LogP contribution in [-0.2, 0) is 9.59 Å². The maximum absolute atomic E-state index is 12.6. The minimum Gasteiger partial charge on any atom is -0.494 e. The summed E-state index contributed by atoms with van der Waals surface area (Å²) in [5.74, 6) is 1.02. The molecule has 3 rings (SSSR count). The van der Waals surface area contributed by atoms with Crippen LogP contribution in [-0.4, -0.2) is 44.2 Å². The molecule has 0 fully saturated rings. The number of nitrogens with zero attached hydrogens (tertiary/aromatic N) is 1. The van der Waals surface area contributed by atoms with E-state index in [2.05, 4.69) is 10.6 Å². The number of para-hydroxylation sites is 2. The van der Waals surface area contributed by atoms with Crippen LogP contribution >= 0.6 is 0 Å². The van der Waals surface area contributed by atoms with Crippen molar-refractivity contribution in [3.8, 4) is 11.5 Å². The number of rotatable bonds is 8. The fraction of sp³-hybridized carbons (Fsp3) is 0.364. The molecule has 1 atom stereocenters. The van der Waals surface area contributed by atoms with E-state index in [4.69, 9.17) is 9.47 Å². The topological polar surface area (TPSA) is 79.9 Å². The first-order valence-electron chi connectivity index (χ1n) is 9.91. The molecule has 1 heterocycles. The molecule has 0 aromatic heterocycles. The van der Waals surface area contributed by atoms with Crippen molar-refractivity contribution < 1.29 is 19.1 Å². The number of anilines is 2. The molecule has 0 unspecified atom stereocenters. The highest BCUT2D eigenvalue weighted by Crippen LogP contribution is 2.33. The Morgan fingerprint density at radius 2 is 1.90 bits per heavy atom. The van der Waals surface area contributed by atoms with Crippen LogP contribution < -0.4 is 25.0 Å². The highest BCUT2D eigenvalue weighted by atomic mass is 16.5. The van der Waals surface area contributed by atoms with E-state index in [9.17, 15) is 9.59 Å². The molecule has 29 heavy (non-hydrogen) atoms. The molecule has 0 radical (unpaired) electrons. The first kappa shape index (κ1) is 20.5. The normalized spacial score (nSPS) is 15.1. The van der Waals surface area contributed by atoms with Crippen LogP contribution in [0, 0.1) is 0 Å². The fourth-order valence-electron chi connectivity index (χ4n) is 3.13. The van der Waals surface area contributed by atoms with Crippen molar-refractivity contribution in [1.82, 2.24) is 5.32 Å². The Morgan fingerprint density at radius 1 is 1.14 bits per heavy atom. The lowest BCUT2D eigenvalue weighted by atomic mass is 10.1. The lowest BCUT2D eigenvalue weighted by Crippen LogP contribution is -2.50. The zero-order valence-electron chi connectivity index (χ0n) is 16.8. The van der Waals surface area contributed by atoms with Crippen LogP contribution in [0.15, 0.2) is 48.5 Å². The highest BCUT2D eigenvalue weighted by Gasteiger charge is 2.31. The van der Waals surface area contributed by atoms with Crippen LogP contribution in [0.1, 0.15) is 20.3 Å². The SMILES string of the molecule is CCCNC(=O)[C@@H]1CN(CC(=O)Nc2ccc(OCC)cc2)c2ccccc2O1. The molecule has 0 aliphatic carbocycles. The van der Waals surface area contributed by atoms with Gasteiger partial charge in [0.1, 0.15) is 11.5 Å². The lowest BCUT2D eigenvalue weighted by Gasteiger charge is -2.35. The lowest BCUT2D eigenvalue weighted by molar-refractivity contribution is -0.128. The van der Waals surface area contributed by atoms with Gasteiger partial charge in [-0.25, -0.2) is 0 Å². The van der Waals surface area contributed by atoms with Gasteiger partial charge in [0.25, 0.3) is 5.91 Å². The van der Waals surface area contributed by atoms with E-state index in [0.717, 1.165) is 17.9 Å². The van der Waals surface area contributed by atoms with Gasteiger partial charge < -0.3 is 25.0 Å². The van der Waals surface area contributed by atoms with Gasteiger partial charge in [-0.3, -0.25) is 9.59 Å². The maximum Gasteiger partial charge on any atom is 0.262 e. The van der Waals surface area contributed by atoms with Crippen molar-refractivity contribution in [3.05, 3.63) is 48.5 Å². The molecule has 2 aromatic rings. The smallest absolute Gasteiger partial charge is 0.262 e. The van der Waals surface area contributed by atoms with Crippen molar-refractivity contribution in [2.75, 3.05) is 36.5 Å². The monoisotopic (exact) mass is 397 g/mol. The molecule has 0 saturated heterocycles. The molecular weight excluding hydrogens is 370 g/mol. The predicted molar refractivity (Wildman–Crippen MR) is 113 cm³/mol. The van der Waals surface area contributed by atoms with Gasteiger partial charge in [-0.15, -0.1) is 0 Å². The molecule has 2 amide bonds. The number of benzene rings is 2. The van der Waals surface area contributed by atoms with Gasteiger partial charge in [0.15, 0.2) is 6.10 Å². The minimum atomic E-state index is -0.658. The zero-order chi connectivity index (χ0) is 20.6. The molecule has 0 saturated carbocycles. The molecule has 2 N–H and O–H groups in total. The Balaban J connectivity index is 1.67. The van der Waals surface area contributed by atoms with Crippen LogP contribution in [0.2, 0.25) is 0 Å². The molecule has 0 spiro atoms. The van der Waals surface area contributed by atoms with E-state index in [1.165, 1.54) is 0 Å². The Kier molecular flexibility index (Phi) is 6.94. The Labute approximate surface area is 171 Å². The third kappa shape index (κ3) is 5.40. The fourth-order valence-corrected chi connectivity index (χ4v) is 3.13. The summed E-state index contributed by atoms with van der Waals surface area (Å²) in [7, 11) is 0. The van der Waals surface area contributed by atoms with Gasteiger partial charge in [-0.2, -0.15) is 0 Å². The first-order chi connectivity index (χ1) is 14.1. The number of carbonyl (C=O) groups excluding carboxylic acids is 2. The summed E-state index contributed by atoms with van der Waals surface area (Å²) in [6.45, 7) is 5.53. The Hall–Kier alpha value is -3.22. The second-order valence-corrected chi connectivity index (χ2v) is 6.75. The van der Waals surface area contributed by atoms with Gasteiger partial charge in [0, 0.05) is 12.2 Å². The van der Waals surface area contributed by atoms with E-state index >= 15 is 0 Å². The number of ether oxygens (including phenoxy) is 2. The summed E-state index contributed by atoms with van der Waals surface area (Å²) in [5, 5.41) is 5.75. The van der Waals surface area contributed by atoms with Crippen molar-refractivity contribution in [2.24, 2.45) is 0 Å². The van der Waals surface area contributed by atoms with Crippen LogP contribution in [0.4, 0.5) is 11.4 Å². The third-order valence-corrected chi connectivity index (χ3v) is 4.49. The van der Waals surface area contributed by atoms with E-state index in [0.29, 0.717) is 31.1 Å². The molecule has 1 aliphatic heterocycles.